The first-order chi connectivity index (χ1) is 9.24. The van der Waals surface area contributed by atoms with E-state index in [9.17, 15) is 4.79 Å². The molecule has 0 radical (unpaired) electrons. The summed E-state index contributed by atoms with van der Waals surface area (Å²) in [6.45, 7) is 1.20. The summed E-state index contributed by atoms with van der Waals surface area (Å²) < 4.78 is 10.6. The number of ether oxygens (including phenoxy) is 2. The topological polar surface area (TPSA) is 62.6 Å². The van der Waals surface area contributed by atoms with Crippen LogP contribution in [0, 0.1) is 11.3 Å². The largest absolute Gasteiger partial charge is 0.491 e. The lowest BCUT2D eigenvalue weighted by Gasteiger charge is -2.15. The second-order valence-electron chi connectivity index (χ2n) is 3.94. The van der Waals surface area contributed by atoms with E-state index in [0.717, 1.165) is 5.75 Å². The Bertz CT molecular complexity index is 414. The number of carbonyl (C=O) groups is 1. The van der Waals surface area contributed by atoms with Crippen LogP contribution < -0.4 is 4.74 Å². The average Bonchev–Trinajstić information content (AvgIpc) is 2.45. The molecule has 0 spiro atoms. The molecular weight excluding hydrogens is 244 g/mol. The van der Waals surface area contributed by atoms with Gasteiger partial charge in [-0.3, -0.25) is 4.79 Å². The molecule has 0 atom stereocenters. The van der Waals surface area contributed by atoms with Gasteiger partial charge in [-0.25, -0.2) is 0 Å². The molecule has 1 amide bonds. The van der Waals surface area contributed by atoms with Crippen LogP contribution in [0.15, 0.2) is 30.3 Å². The summed E-state index contributed by atoms with van der Waals surface area (Å²) >= 11 is 0. The molecule has 1 rings (SSSR count). The molecule has 0 fully saturated rings. The molecule has 0 aliphatic rings. The van der Waals surface area contributed by atoms with E-state index >= 15 is 0 Å². The van der Waals surface area contributed by atoms with Gasteiger partial charge in [-0.2, -0.15) is 5.26 Å². The van der Waals surface area contributed by atoms with Gasteiger partial charge in [0.1, 0.15) is 19.0 Å². The Morgan fingerprint density at radius 2 is 2.05 bits per heavy atom. The van der Waals surface area contributed by atoms with Gasteiger partial charge in [0, 0.05) is 13.6 Å². The van der Waals surface area contributed by atoms with Gasteiger partial charge in [-0.05, 0) is 12.1 Å². The van der Waals surface area contributed by atoms with Crippen LogP contribution in [0.5, 0.6) is 5.75 Å². The van der Waals surface area contributed by atoms with Gasteiger partial charge >= 0.3 is 0 Å². The van der Waals surface area contributed by atoms with Gasteiger partial charge in [0.2, 0.25) is 5.91 Å². The molecule has 5 heteroatoms. The van der Waals surface area contributed by atoms with Gasteiger partial charge in [-0.1, -0.05) is 18.2 Å². The van der Waals surface area contributed by atoms with Crippen molar-refractivity contribution in [3.8, 4) is 11.8 Å². The van der Waals surface area contributed by atoms with E-state index in [1.54, 1.807) is 7.05 Å². The number of likely N-dealkylation sites (N-methyl/N-ethyl adjacent to an activating group) is 1. The quantitative estimate of drug-likeness (QED) is 0.665. The van der Waals surface area contributed by atoms with Crippen LogP contribution in [0.3, 0.4) is 0 Å². The summed E-state index contributed by atoms with van der Waals surface area (Å²) in [5, 5.41) is 8.42. The maximum absolute atomic E-state index is 11.5. The average molecular weight is 262 g/mol. The van der Waals surface area contributed by atoms with Gasteiger partial charge < -0.3 is 14.4 Å². The molecule has 0 aliphatic heterocycles. The van der Waals surface area contributed by atoms with Gasteiger partial charge in [0.05, 0.1) is 19.1 Å². The van der Waals surface area contributed by atoms with Crippen LogP contribution in [0.1, 0.15) is 6.42 Å². The molecule has 0 saturated carbocycles. The van der Waals surface area contributed by atoms with Crippen LogP contribution in [-0.2, 0) is 9.53 Å². The molecule has 0 saturated heterocycles. The van der Waals surface area contributed by atoms with Crippen LogP contribution in [0.4, 0.5) is 0 Å². The first-order valence-electron chi connectivity index (χ1n) is 6.10. The number of para-hydroxylation sites is 1. The van der Waals surface area contributed by atoms with E-state index in [1.165, 1.54) is 4.90 Å². The summed E-state index contributed by atoms with van der Waals surface area (Å²) in [5.74, 6) is 0.651. The van der Waals surface area contributed by atoms with E-state index in [0.29, 0.717) is 26.2 Å². The Morgan fingerprint density at radius 3 is 2.74 bits per heavy atom. The Balaban J connectivity index is 2.07. The molecule has 0 unspecified atom stereocenters. The minimum atomic E-state index is -0.130. The van der Waals surface area contributed by atoms with E-state index in [1.807, 2.05) is 36.4 Å². The second kappa shape index (κ2) is 8.95. The van der Waals surface area contributed by atoms with Crippen LogP contribution in [0.2, 0.25) is 0 Å². The summed E-state index contributed by atoms with van der Waals surface area (Å²) in [6, 6.07) is 11.4. The normalized spacial score (nSPS) is 9.68. The van der Waals surface area contributed by atoms with E-state index < -0.39 is 0 Å². The van der Waals surface area contributed by atoms with Crippen molar-refractivity contribution in [2.45, 2.75) is 6.42 Å². The van der Waals surface area contributed by atoms with Gasteiger partial charge in [0.25, 0.3) is 0 Å². The maximum Gasteiger partial charge on any atom is 0.248 e. The Hall–Kier alpha value is -2.06. The second-order valence-corrected chi connectivity index (χ2v) is 3.94. The lowest BCUT2D eigenvalue weighted by Crippen LogP contribution is -2.31. The lowest BCUT2D eigenvalue weighted by molar-refractivity contribution is -0.134. The van der Waals surface area contributed by atoms with E-state index in [2.05, 4.69) is 0 Å². The van der Waals surface area contributed by atoms with Crippen molar-refractivity contribution in [2.24, 2.45) is 0 Å². The third kappa shape index (κ3) is 6.43. The smallest absolute Gasteiger partial charge is 0.248 e. The third-order valence-electron chi connectivity index (χ3n) is 2.45. The number of hydrogen-bond donors (Lipinski definition) is 0. The van der Waals surface area contributed by atoms with Crippen molar-refractivity contribution >= 4 is 5.91 Å². The number of benzene rings is 1. The molecule has 5 nitrogen and oxygen atoms in total. The summed E-state index contributed by atoms with van der Waals surface area (Å²) in [4.78, 5) is 13.0. The Morgan fingerprint density at radius 1 is 1.32 bits per heavy atom. The number of amides is 1. The predicted molar refractivity (Wildman–Crippen MR) is 70.6 cm³/mol. The van der Waals surface area contributed by atoms with Crippen molar-refractivity contribution in [3.05, 3.63) is 30.3 Å². The maximum atomic E-state index is 11.5. The molecule has 0 aromatic heterocycles. The Labute approximate surface area is 113 Å². The fraction of sp³-hybridized carbons (Fsp3) is 0.429. The SMILES string of the molecule is CN(CCC#N)C(=O)COCCOc1ccccc1. The fourth-order valence-electron chi connectivity index (χ4n) is 1.35. The Kier molecular flexibility index (Phi) is 7.06. The highest BCUT2D eigenvalue weighted by Crippen LogP contribution is 2.07. The van der Waals surface area contributed by atoms with Crippen molar-refractivity contribution in [2.75, 3.05) is 33.4 Å². The molecule has 1 aromatic carbocycles. The lowest BCUT2D eigenvalue weighted by atomic mass is 10.3. The number of carbonyl (C=O) groups excluding carboxylic acids is 1. The molecule has 0 aliphatic carbocycles. The van der Waals surface area contributed by atoms with Crippen molar-refractivity contribution in [1.29, 1.82) is 5.26 Å². The van der Waals surface area contributed by atoms with Crippen LogP contribution in [-0.4, -0.2) is 44.2 Å². The third-order valence-corrected chi connectivity index (χ3v) is 2.45. The zero-order chi connectivity index (χ0) is 13.9. The summed E-state index contributed by atoms with van der Waals surface area (Å²) in [5.41, 5.74) is 0. The highest BCUT2D eigenvalue weighted by molar-refractivity contribution is 5.77. The first-order valence-corrected chi connectivity index (χ1v) is 6.10. The monoisotopic (exact) mass is 262 g/mol. The van der Waals surface area contributed by atoms with E-state index in [-0.39, 0.29) is 12.5 Å². The standard InChI is InChI=1S/C14H18N2O3/c1-16(9-5-8-15)14(17)12-18-10-11-19-13-6-3-2-4-7-13/h2-4,6-7H,5,9-12H2,1H3. The highest BCUT2D eigenvalue weighted by atomic mass is 16.5. The fourth-order valence-corrected chi connectivity index (χ4v) is 1.35. The zero-order valence-corrected chi connectivity index (χ0v) is 11.0. The predicted octanol–water partition coefficient (Wildman–Crippen LogP) is 1.45. The molecule has 102 valence electrons. The highest BCUT2D eigenvalue weighted by Gasteiger charge is 2.07. The number of nitrogens with zero attached hydrogens (tertiary/aromatic N) is 2. The minimum Gasteiger partial charge on any atom is -0.491 e. The summed E-state index contributed by atoms with van der Waals surface area (Å²) in [6.07, 6.45) is 0.333. The van der Waals surface area contributed by atoms with Gasteiger partial charge in [0.15, 0.2) is 0 Å². The van der Waals surface area contributed by atoms with Crippen molar-refractivity contribution in [3.63, 3.8) is 0 Å². The van der Waals surface area contributed by atoms with Gasteiger partial charge in [-0.15, -0.1) is 0 Å². The van der Waals surface area contributed by atoms with Crippen molar-refractivity contribution in [1.82, 2.24) is 4.90 Å². The molecule has 19 heavy (non-hydrogen) atoms. The number of rotatable bonds is 8. The van der Waals surface area contributed by atoms with Crippen molar-refractivity contribution < 1.29 is 14.3 Å². The van der Waals surface area contributed by atoms with Crippen LogP contribution >= 0.6 is 0 Å². The molecule has 0 bridgehead atoms. The van der Waals surface area contributed by atoms with Crippen LogP contribution in [0.25, 0.3) is 0 Å². The number of hydrogen-bond acceptors (Lipinski definition) is 4. The minimum absolute atomic E-state index is 0.0140. The first kappa shape index (κ1) is 15.0. The number of nitriles is 1. The van der Waals surface area contributed by atoms with E-state index in [4.69, 9.17) is 14.7 Å². The zero-order valence-electron chi connectivity index (χ0n) is 11.0. The molecular formula is C14H18N2O3. The summed E-state index contributed by atoms with van der Waals surface area (Å²) in [7, 11) is 1.66. The molecule has 0 N–H and O–H groups in total. The molecule has 0 heterocycles. The molecule has 1 aromatic rings.